The molecule has 3 aromatic rings. The van der Waals surface area contributed by atoms with E-state index in [4.69, 9.17) is 4.74 Å². The lowest BCUT2D eigenvalue weighted by molar-refractivity contribution is 0.0866. The molecule has 0 heterocycles. The predicted octanol–water partition coefficient (Wildman–Crippen LogP) is 6.41. The van der Waals surface area contributed by atoms with Gasteiger partial charge in [-0.2, -0.15) is 0 Å². The van der Waals surface area contributed by atoms with Crippen molar-refractivity contribution in [3.05, 3.63) is 125 Å². The summed E-state index contributed by atoms with van der Waals surface area (Å²) in [6, 6.07) is 28.8. The molecule has 0 bridgehead atoms. The number of aromatic hydroxyl groups is 1. The number of benzene rings is 3. The Bertz CT molecular complexity index is 962. The average Bonchev–Trinajstić information content (AvgIpc) is 2.81. The van der Waals surface area contributed by atoms with Crippen LogP contribution in [0, 0.1) is 0 Å². The molecule has 1 aliphatic carbocycles. The second-order valence-electron chi connectivity index (χ2n) is 7.69. The Morgan fingerprint density at radius 2 is 1.40 bits per heavy atom. The van der Waals surface area contributed by atoms with Crippen molar-refractivity contribution in [2.45, 2.75) is 31.3 Å². The molecule has 1 N–H and O–H groups in total. The van der Waals surface area contributed by atoms with Gasteiger partial charge >= 0.3 is 0 Å². The third-order valence-electron chi connectivity index (χ3n) is 5.74. The summed E-state index contributed by atoms with van der Waals surface area (Å²) < 4.78 is 5.96. The predicted molar refractivity (Wildman–Crippen MR) is 123 cm³/mol. The van der Waals surface area contributed by atoms with Crippen molar-refractivity contribution < 1.29 is 9.84 Å². The van der Waals surface area contributed by atoms with Crippen molar-refractivity contribution in [1.29, 1.82) is 0 Å². The maximum Gasteiger partial charge on any atom is 0.115 e. The summed E-state index contributed by atoms with van der Waals surface area (Å²) in [6.45, 7) is 2.91. The van der Waals surface area contributed by atoms with Crippen LogP contribution in [-0.2, 0) is 10.2 Å². The first-order valence-corrected chi connectivity index (χ1v) is 10.7. The lowest BCUT2D eigenvalue weighted by atomic mass is 9.63. The van der Waals surface area contributed by atoms with Gasteiger partial charge in [0.25, 0.3) is 0 Å². The van der Waals surface area contributed by atoms with E-state index in [9.17, 15) is 5.11 Å². The Morgan fingerprint density at radius 1 is 0.833 bits per heavy atom. The Labute approximate surface area is 179 Å². The fourth-order valence-corrected chi connectivity index (χ4v) is 4.36. The molecule has 0 saturated heterocycles. The fourth-order valence-electron chi connectivity index (χ4n) is 4.36. The van der Waals surface area contributed by atoms with E-state index < -0.39 is 5.41 Å². The maximum atomic E-state index is 9.95. The summed E-state index contributed by atoms with van der Waals surface area (Å²) in [4.78, 5) is 0. The Hall–Kier alpha value is -3.10. The minimum atomic E-state index is -0.470. The third-order valence-corrected chi connectivity index (χ3v) is 5.74. The van der Waals surface area contributed by atoms with E-state index in [-0.39, 0.29) is 11.9 Å². The van der Waals surface area contributed by atoms with Gasteiger partial charge in [0.05, 0.1) is 11.5 Å². The lowest BCUT2D eigenvalue weighted by Gasteiger charge is -2.39. The second kappa shape index (κ2) is 9.15. The molecule has 4 rings (SSSR count). The molecule has 0 radical (unpaired) electrons. The Kier molecular flexibility index (Phi) is 6.15. The zero-order chi connectivity index (χ0) is 20.8. The molecule has 1 aliphatic rings. The van der Waals surface area contributed by atoms with Gasteiger partial charge in [0, 0.05) is 6.61 Å². The first-order chi connectivity index (χ1) is 14.7. The van der Waals surface area contributed by atoms with Gasteiger partial charge in [-0.3, -0.25) is 0 Å². The van der Waals surface area contributed by atoms with E-state index >= 15 is 0 Å². The van der Waals surface area contributed by atoms with Gasteiger partial charge in [-0.1, -0.05) is 97.9 Å². The third kappa shape index (κ3) is 3.83. The summed E-state index contributed by atoms with van der Waals surface area (Å²) in [5.41, 5.74) is 4.28. The zero-order valence-corrected chi connectivity index (χ0v) is 17.4. The van der Waals surface area contributed by atoms with Crippen LogP contribution in [0.4, 0.5) is 0 Å². The molecule has 0 amide bonds. The first kappa shape index (κ1) is 20.2. The summed E-state index contributed by atoms with van der Waals surface area (Å²) in [7, 11) is 0. The molecule has 0 fully saturated rings. The number of allylic oxidation sites excluding steroid dienone is 2. The smallest absolute Gasteiger partial charge is 0.115 e. The van der Waals surface area contributed by atoms with Crippen LogP contribution < -0.4 is 0 Å². The standard InChI is InChI=1S/C28H28O2/c1-2-21-30-27-19-15-25(16-20-27)28(22-9-5-3-6-10-22,23-11-7-4-8-12-23)24-13-17-26(29)18-14-24/h3-19,27,29H,2,20-21H2,1H3. The average molecular weight is 397 g/mol. The van der Waals surface area contributed by atoms with Crippen LogP contribution in [0.25, 0.3) is 0 Å². The summed E-state index contributed by atoms with van der Waals surface area (Å²) in [5, 5.41) is 9.95. The Balaban J connectivity index is 1.91. The Morgan fingerprint density at radius 3 is 1.90 bits per heavy atom. The van der Waals surface area contributed by atoms with Gasteiger partial charge in [-0.05, 0) is 47.2 Å². The van der Waals surface area contributed by atoms with E-state index in [1.165, 1.54) is 16.7 Å². The molecular formula is C28H28O2. The van der Waals surface area contributed by atoms with E-state index in [0.29, 0.717) is 0 Å². The van der Waals surface area contributed by atoms with E-state index in [1.54, 1.807) is 12.1 Å². The number of hydrogen-bond acceptors (Lipinski definition) is 2. The normalized spacial score (nSPS) is 16.3. The van der Waals surface area contributed by atoms with Crippen LogP contribution in [0.5, 0.6) is 5.75 Å². The molecule has 0 aliphatic heterocycles. The summed E-state index contributed by atoms with van der Waals surface area (Å²) in [5.74, 6) is 0.273. The largest absolute Gasteiger partial charge is 0.508 e. The van der Waals surface area contributed by atoms with E-state index in [2.05, 4.69) is 85.8 Å². The second-order valence-corrected chi connectivity index (χ2v) is 7.69. The highest BCUT2D eigenvalue weighted by Crippen LogP contribution is 2.47. The minimum Gasteiger partial charge on any atom is -0.508 e. The quantitative estimate of drug-likeness (QED) is 0.468. The number of ether oxygens (including phenoxy) is 1. The van der Waals surface area contributed by atoms with Crippen LogP contribution in [-0.4, -0.2) is 17.8 Å². The van der Waals surface area contributed by atoms with E-state index in [0.717, 1.165) is 25.0 Å². The molecule has 152 valence electrons. The van der Waals surface area contributed by atoms with Crippen molar-refractivity contribution in [2.24, 2.45) is 0 Å². The molecule has 0 spiro atoms. The molecule has 2 nitrogen and oxygen atoms in total. The zero-order valence-electron chi connectivity index (χ0n) is 17.4. The van der Waals surface area contributed by atoms with E-state index in [1.807, 2.05) is 12.1 Å². The highest BCUT2D eigenvalue weighted by atomic mass is 16.5. The van der Waals surface area contributed by atoms with Gasteiger partial charge in [0.2, 0.25) is 0 Å². The van der Waals surface area contributed by atoms with Gasteiger partial charge in [-0.25, -0.2) is 0 Å². The minimum absolute atomic E-state index is 0.123. The number of hydrogen-bond donors (Lipinski definition) is 1. The van der Waals surface area contributed by atoms with Crippen molar-refractivity contribution in [3.63, 3.8) is 0 Å². The van der Waals surface area contributed by atoms with Gasteiger partial charge in [0.1, 0.15) is 5.75 Å². The summed E-state index contributed by atoms with van der Waals surface area (Å²) in [6.07, 6.45) is 8.71. The van der Waals surface area contributed by atoms with Gasteiger partial charge < -0.3 is 9.84 Å². The van der Waals surface area contributed by atoms with Crippen LogP contribution in [0.3, 0.4) is 0 Å². The molecule has 1 unspecified atom stereocenters. The monoisotopic (exact) mass is 396 g/mol. The van der Waals surface area contributed by atoms with Crippen molar-refractivity contribution in [2.75, 3.05) is 6.61 Å². The summed E-state index contributed by atoms with van der Waals surface area (Å²) >= 11 is 0. The first-order valence-electron chi connectivity index (χ1n) is 10.7. The van der Waals surface area contributed by atoms with Crippen LogP contribution >= 0.6 is 0 Å². The number of phenols is 1. The van der Waals surface area contributed by atoms with Crippen LogP contribution in [0.2, 0.25) is 0 Å². The van der Waals surface area contributed by atoms with Crippen molar-refractivity contribution in [3.8, 4) is 5.75 Å². The van der Waals surface area contributed by atoms with Crippen molar-refractivity contribution in [1.82, 2.24) is 0 Å². The lowest BCUT2D eigenvalue weighted by Crippen LogP contribution is -2.32. The topological polar surface area (TPSA) is 29.5 Å². The fraction of sp³-hybridized carbons (Fsp3) is 0.214. The van der Waals surface area contributed by atoms with Gasteiger partial charge in [-0.15, -0.1) is 0 Å². The molecule has 0 aromatic heterocycles. The van der Waals surface area contributed by atoms with Gasteiger partial charge in [0.15, 0.2) is 0 Å². The molecule has 30 heavy (non-hydrogen) atoms. The SMILES string of the molecule is CCCOC1C=CC(C(c2ccccc2)(c2ccccc2)c2ccc(O)cc2)=CC1. The molecular weight excluding hydrogens is 368 g/mol. The van der Waals surface area contributed by atoms with Crippen molar-refractivity contribution >= 4 is 0 Å². The number of rotatable bonds is 7. The van der Waals surface area contributed by atoms with Crippen LogP contribution in [0.1, 0.15) is 36.5 Å². The molecule has 3 aromatic carbocycles. The molecule has 0 saturated carbocycles. The maximum absolute atomic E-state index is 9.95. The molecule has 1 atom stereocenters. The highest BCUT2D eigenvalue weighted by Gasteiger charge is 2.39. The number of phenolic OH excluding ortho intramolecular Hbond substituents is 1. The van der Waals surface area contributed by atoms with Crippen LogP contribution in [0.15, 0.2) is 109 Å². The highest BCUT2D eigenvalue weighted by molar-refractivity contribution is 5.62. The molecule has 2 heteroatoms.